The Morgan fingerprint density at radius 1 is 0.933 bits per heavy atom. The Morgan fingerprint density at radius 2 is 1.57 bits per heavy atom. The van der Waals surface area contributed by atoms with Gasteiger partial charge in [0, 0.05) is 11.1 Å². The van der Waals surface area contributed by atoms with E-state index in [1.54, 1.807) is 36.4 Å². The Morgan fingerprint density at radius 3 is 2.17 bits per heavy atom. The molecule has 2 aromatic rings. The first-order valence-electron chi connectivity index (χ1n) is 10.3. The van der Waals surface area contributed by atoms with Crippen molar-refractivity contribution >= 4 is 17.7 Å². The number of unbranched alkanes of at least 4 members (excludes halogenated alkanes) is 1. The minimum Gasteiger partial charge on any atom is -0.494 e. The number of hydrogen-bond acceptors (Lipinski definition) is 5. The SMILES string of the molecule is CCCCOc1ccc(C(=O)NCC(=O)O[C@@H](C)C(=O)c2ccc(CC)cc2)cc1. The van der Waals surface area contributed by atoms with Gasteiger partial charge in [-0.25, -0.2) is 0 Å². The third-order valence-electron chi connectivity index (χ3n) is 4.60. The molecule has 2 aromatic carbocycles. The number of esters is 1. The Hall–Kier alpha value is -3.15. The number of ether oxygens (including phenoxy) is 2. The van der Waals surface area contributed by atoms with Gasteiger partial charge in [-0.05, 0) is 49.6 Å². The van der Waals surface area contributed by atoms with Gasteiger partial charge in [0.15, 0.2) is 6.10 Å². The van der Waals surface area contributed by atoms with E-state index < -0.39 is 18.0 Å². The molecule has 0 fully saturated rings. The zero-order chi connectivity index (χ0) is 21.9. The fraction of sp³-hybridized carbons (Fsp3) is 0.375. The maximum atomic E-state index is 12.4. The predicted octanol–water partition coefficient (Wildman–Crippen LogP) is 3.97. The Balaban J connectivity index is 1.80. The van der Waals surface area contributed by atoms with Crippen molar-refractivity contribution < 1.29 is 23.9 Å². The second kappa shape index (κ2) is 11.8. The molecule has 0 radical (unpaired) electrons. The summed E-state index contributed by atoms with van der Waals surface area (Å²) in [6.07, 6.45) is 1.97. The number of Topliss-reactive ketones (excluding diaryl/α,β-unsaturated/α-hetero) is 1. The highest BCUT2D eigenvalue weighted by molar-refractivity contribution is 6.00. The lowest BCUT2D eigenvalue weighted by Gasteiger charge is -2.13. The summed E-state index contributed by atoms with van der Waals surface area (Å²) >= 11 is 0. The van der Waals surface area contributed by atoms with Crippen LogP contribution in [0.1, 0.15) is 59.9 Å². The summed E-state index contributed by atoms with van der Waals surface area (Å²) in [4.78, 5) is 36.6. The van der Waals surface area contributed by atoms with Gasteiger partial charge in [-0.2, -0.15) is 0 Å². The summed E-state index contributed by atoms with van der Waals surface area (Å²) in [7, 11) is 0. The lowest BCUT2D eigenvalue weighted by atomic mass is 10.0. The molecule has 0 aliphatic rings. The molecule has 0 saturated heterocycles. The van der Waals surface area contributed by atoms with E-state index in [9.17, 15) is 14.4 Å². The van der Waals surface area contributed by atoms with Gasteiger partial charge >= 0.3 is 5.97 Å². The molecule has 1 atom stereocenters. The Bertz CT molecular complexity index is 843. The van der Waals surface area contributed by atoms with Gasteiger partial charge in [0.05, 0.1) is 6.61 Å². The van der Waals surface area contributed by atoms with E-state index in [4.69, 9.17) is 9.47 Å². The van der Waals surface area contributed by atoms with Crippen molar-refractivity contribution in [2.45, 2.75) is 46.1 Å². The van der Waals surface area contributed by atoms with Crippen molar-refractivity contribution in [1.82, 2.24) is 5.32 Å². The summed E-state index contributed by atoms with van der Waals surface area (Å²) in [6, 6.07) is 13.9. The molecule has 0 heterocycles. The predicted molar refractivity (Wildman–Crippen MR) is 115 cm³/mol. The van der Waals surface area contributed by atoms with Gasteiger partial charge in [0.1, 0.15) is 12.3 Å². The van der Waals surface area contributed by atoms with Gasteiger partial charge in [-0.1, -0.05) is 44.5 Å². The number of rotatable bonds is 11. The number of carbonyl (C=O) groups is 3. The van der Waals surface area contributed by atoms with Crippen LogP contribution in [0.4, 0.5) is 0 Å². The summed E-state index contributed by atoms with van der Waals surface area (Å²) in [5, 5.41) is 2.50. The highest BCUT2D eigenvalue weighted by Crippen LogP contribution is 2.13. The lowest BCUT2D eigenvalue weighted by molar-refractivity contribution is -0.145. The van der Waals surface area contributed by atoms with E-state index in [0.717, 1.165) is 24.8 Å². The molecule has 0 saturated carbocycles. The van der Waals surface area contributed by atoms with Crippen molar-refractivity contribution in [2.75, 3.05) is 13.2 Å². The summed E-state index contributed by atoms with van der Waals surface area (Å²) in [6.45, 7) is 5.95. The van der Waals surface area contributed by atoms with Gasteiger partial charge < -0.3 is 14.8 Å². The molecule has 0 aliphatic heterocycles. The molecule has 6 heteroatoms. The molecule has 0 bridgehead atoms. The van der Waals surface area contributed by atoms with Crippen LogP contribution >= 0.6 is 0 Å². The van der Waals surface area contributed by atoms with Crippen LogP contribution in [0.5, 0.6) is 5.75 Å². The first-order chi connectivity index (χ1) is 14.4. The molecular formula is C24H29NO5. The smallest absolute Gasteiger partial charge is 0.326 e. The number of nitrogens with one attached hydrogen (secondary N) is 1. The molecule has 0 unspecified atom stereocenters. The number of benzene rings is 2. The number of amides is 1. The molecule has 30 heavy (non-hydrogen) atoms. The normalized spacial score (nSPS) is 11.4. The highest BCUT2D eigenvalue weighted by atomic mass is 16.5. The van der Waals surface area contributed by atoms with E-state index in [2.05, 4.69) is 12.2 Å². The van der Waals surface area contributed by atoms with Gasteiger partial charge in [0.25, 0.3) is 5.91 Å². The number of carbonyl (C=O) groups excluding carboxylic acids is 3. The molecular weight excluding hydrogens is 382 g/mol. The van der Waals surface area contributed by atoms with Gasteiger partial charge in [0.2, 0.25) is 5.78 Å². The zero-order valence-corrected chi connectivity index (χ0v) is 17.8. The quantitative estimate of drug-likeness (QED) is 0.344. The van der Waals surface area contributed by atoms with Crippen LogP contribution in [0.2, 0.25) is 0 Å². The van der Waals surface area contributed by atoms with E-state index in [0.29, 0.717) is 23.5 Å². The largest absolute Gasteiger partial charge is 0.494 e. The van der Waals surface area contributed by atoms with Crippen LogP contribution in [-0.4, -0.2) is 36.9 Å². The highest BCUT2D eigenvalue weighted by Gasteiger charge is 2.20. The maximum Gasteiger partial charge on any atom is 0.326 e. The second-order valence-corrected chi connectivity index (χ2v) is 6.96. The van der Waals surface area contributed by atoms with Crippen LogP contribution in [0.3, 0.4) is 0 Å². The molecule has 6 nitrogen and oxygen atoms in total. The molecule has 0 spiro atoms. The molecule has 0 aliphatic carbocycles. The molecule has 1 N–H and O–H groups in total. The van der Waals surface area contributed by atoms with Crippen LogP contribution in [0, 0.1) is 0 Å². The Kier molecular flexibility index (Phi) is 9.06. The number of hydrogen-bond donors (Lipinski definition) is 1. The summed E-state index contributed by atoms with van der Waals surface area (Å²) < 4.78 is 10.7. The summed E-state index contributed by atoms with van der Waals surface area (Å²) in [5.74, 6) is -0.662. The van der Waals surface area contributed by atoms with Crippen molar-refractivity contribution in [2.24, 2.45) is 0 Å². The maximum absolute atomic E-state index is 12.4. The molecule has 1 amide bonds. The third-order valence-corrected chi connectivity index (χ3v) is 4.60. The fourth-order valence-electron chi connectivity index (χ4n) is 2.72. The van der Waals surface area contributed by atoms with Crippen LogP contribution in [0.25, 0.3) is 0 Å². The van der Waals surface area contributed by atoms with Crippen molar-refractivity contribution in [3.05, 3.63) is 65.2 Å². The van der Waals surface area contributed by atoms with Gasteiger partial charge in [-0.15, -0.1) is 0 Å². The minimum absolute atomic E-state index is 0.281. The summed E-state index contributed by atoms with van der Waals surface area (Å²) in [5.41, 5.74) is 2.02. The first kappa shape index (κ1) is 23.1. The second-order valence-electron chi connectivity index (χ2n) is 6.96. The lowest BCUT2D eigenvalue weighted by Crippen LogP contribution is -2.34. The van der Waals surface area contributed by atoms with Crippen LogP contribution in [-0.2, 0) is 16.0 Å². The number of aryl methyl sites for hydroxylation is 1. The topological polar surface area (TPSA) is 81.7 Å². The van der Waals surface area contributed by atoms with E-state index in [1.165, 1.54) is 6.92 Å². The van der Waals surface area contributed by atoms with Crippen LogP contribution < -0.4 is 10.1 Å². The standard InChI is InChI=1S/C24H29NO5/c1-4-6-15-29-21-13-11-20(12-14-21)24(28)25-16-22(26)30-17(3)23(27)19-9-7-18(5-2)8-10-19/h7-14,17H,4-6,15-16H2,1-3H3,(H,25,28)/t17-/m0/s1. The van der Waals surface area contributed by atoms with Crippen molar-refractivity contribution in [1.29, 1.82) is 0 Å². The average molecular weight is 411 g/mol. The van der Waals surface area contributed by atoms with E-state index in [1.807, 2.05) is 19.1 Å². The average Bonchev–Trinajstić information content (AvgIpc) is 2.77. The zero-order valence-electron chi connectivity index (χ0n) is 17.8. The Labute approximate surface area is 177 Å². The fourth-order valence-corrected chi connectivity index (χ4v) is 2.72. The first-order valence-corrected chi connectivity index (χ1v) is 10.3. The monoisotopic (exact) mass is 411 g/mol. The minimum atomic E-state index is -0.929. The van der Waals surface area contributed by atoms with Crippen molar-refractivity contribution in [3.8, 4) is 5.75 Å². The molecule has 2 rings (SSSR count). The van der Waals surface area contributed by atoms with Crippen LogP contribution in [0.15, 0.2) is 48.5 Å². The molecule has 160 valence electrons. The van der Waals surface area contributed by atoms with Crippen molar-refractivity contribution in [3.63, 3.8) is 0 Å². The van der Waals surface area contributed by atoms with E-state index in [-0.39, 0.29) is 12.3 Å². The third kappa shape index (κ3) is 7.03. The van der Waals surface area contributed by atoms with E-state index >= 15 is 0 Å². The molecule has 0 aromatic heterocycles. The number of ketones is 1. The van der Waals surface area contributed by atoms with Gasteiger partial charge in [-0.3, -0.25) is 14.4 Å².